The lowest BCUT2D eigenvalue weighted by molar-refractivity contribution is -0.123. The van der Waals surface area contributed by atoms with Crippen LogP contribution in [0.2, 0.25) is 0 Å². The minimum absolute atomic E-state index is 0.0730. The van der Waals surface area contributed by atoms with Crippen LogP contribution in [0, 0.1) is 0 Å². The molecular weight excluding hydrogens is 356 g/mol. The Morgan fingerprint density at radius 2 is 2.14 bits per heavy atom. The molecule has 3 heterocycles. The number of furan rings is 1. The Morgan fingerprint density at radius 3 is 2.96 bits per heavy atom. The van der Waals surface area contributed by atoms with E-state index in [4.69, 9.17) is 13.9 Å². The summed E-state index contributed by atoms with van der Waals surface area (Å²) in [6.45, 7) is 4.38. The average molecular weight is 378 g/mol. The summed E-state index contributed by atoms with van der Waals surface area (Å²) in [5.74, 6) is 1.82. The number of aromatic nitrogens is 1. The molecule has 0 saturated carbocycles. The normalized spacial score (nSPS) is 14.2. The number of rotatable bonds is 6. The van der Waals surface area contributed by atoms with Crippen LogP contribution in [0.5, 0.6) is 11.5 Å². The summed E-state index contributed by atoms with van der Waals surface area (Å²) in [7, 11) is 0. The topological polar surface area (TPSA) is 73.6 Å². The second-order valence-corrected chi connectivity index (χ2v) is 7.37. The van der Waals surface area contributed by atoms with Crippen molar-refractivity contribution in [3.8, 4) is 23.0 Å². The number of hydrogen-bond donors (Lipinski definition) is 1. The fourth-order valence-corrected chi connectivity index (χ4v) is 3.24. The molecule has 0 saturated heterocycles. The van der Waals surface area contributed by atoms with Gasteiger partial charge in [-0.1, -0.05) is 12.1 Å². The largest absolute Gasteiger partial charge is 0.483 e. The third kappa shape index (κ3) is 4.01. The van der Waals surface area contributed by atoms with E-state index >= 15 is 0 Å². The van der Waals surface area contributed by atoms with Gasteiger partial charge in [0.2, 0.25) is 0 Å². The number of amides is 1. The predicted octanol–water partition coefficient (Wildman–Crippen LogP) is 3.75. The van der Waals surface area contributed by atoms with Gasteiger partial charge >= 0.3 is 0 Å². The number of nitrogens with zero attached hydrogens (tertiary/aromatic N) is 1. The van der Waals surface area contributed by atoms with Crippen molar-refractivity contribution >= 4 is 5.91 Å². The van der Waals surface area contributed by atoms with E-state index in [1.54, 1.807) is 12.5 Å². The molecule has 0 unspecified atom stereocenters. The second kappa shape index (κ2) is 7.38. The van der Waals surface area contributed by atoms with Crippen molar-refractivity contribution in [2.24, 2.45) is 0 Å². The highest BCUT2D eigenvalue weighted by molar-refractivity contribution is 5.77. The van der Waals surface area contributed by atoms with Crippen LogP contribution in [0.25, 0.3) is 11.5 Å². The molecule has 0 aliphatic carbocycles. The van der Waals surface area contributed by atoms with Crippen molar-refractivity contribution in [3.05, 3.63) is 66.1 Å². The zero-order valence-electron chi connectivity index (χ0n) is 15.9. The molecule has 28 heavy (non-hydrogen) atoms. The minimum Gasteiger partial charge on any atom is -0.483 e. The van der Waals surface area contributed by atoms with Gasteiger partial charge < -0.3 is 19.2 Å². The third-order valence-electron chi connectivity index (χ3n) is 4.50. The van der Waals surface area contributed by atoms with E-state index in [-0.39, 0.29) is 18.1 Å². The van der Waals surface area contributed by atoms with E-state index in [0.717, 1.165) is 29.0 Å². The molecule has 1 aliphatic rings. The number of para-hydroxylation sites is 1. The van der Waals surface area contributed by atoms with E-state index in [0.29, 0.717) is 18.1 Å². The van der Waals surface area contributed by atoms with Crippen LogP contribution in [0.3, 0.4) is 0 Å². The van der Waals surface area contributed by atoms with Gasteiger partial charge in [-0.15, -0.1) is 0 Å². The van der Waals surface area contributed by atoms with Crippen molar-refractivity contribution in [1.29, 1.82) is 0 Å². The first-order valence-electron chi connectivity index (χ1n) is 9.19. The standard InChI is InChI=1S/C22H22N2O4/c1-22(2)12-16-5-3-6-19(21(16)28-22)27-14-20(25)24-13-15-8-9-23-17(11-15)18-7-4-10-26-18/h3-11H,12-14H2,1-2H3,(H,24,25). The maximum absolute atomic E-state index is 12.2. The summed E-state index contributed by atoms with van der Waals surface area (Å²) in [5.41, 5.74) is 2.51. The van der Waals surface area contributed by atoms with E-state index in [1.165, 1.54) is 0 Å². The number of fused-ring (bicyclic) bond motifs is 1. The zero-order chi connectivity index (χ0) is 19.6. The van der Waals surface area contributed by atoms with Gasteiger partial charge in [-0.05, 0) is 49.7 Å². The van der Waals surface area contributed by atoms with Gasteiger partial charge in [-0.25, -0.2) is 0 Å². The lowest BCUT2D eigenvalue weighted by Gasteiger charge is -2.18. The van der Waals surface area contributed by atoms with Crippen molar-refractivity contribution < 1.29 is 18.7 Å². The first-order valence-corrected chi connectivity index (χ1v) is 9.19. The van der Waals surface area contributed by atoms with Crippen LogP contribution in [-0.4, -0.2) is 23.1 Å². The molecule has 3 aromatic rings. The van der Waals surface area contributed by atoms with Crippen LogP contribution < -0.4 is 14.8 Å². The number of carbonyl (C=O) groups is 1. The average Bonchev–Trinajstić information content (AvgIpc) is 3.31. The number of carbonyl (C=O) groups excluding carboxylic acids is 1. The van der Waals surface area contributed by atoms with E-state index in [9.17, 15) is 4.79 Å². The summed E-state index contributed by atoms with van der Waals surface area (Å²) in [4.78, 5) is 16.5. The van der Waals surface area contributed by atoms with E-state index < -0.39 is 0 Å². The minimum atomic E-state index is -0.253. The number of pyridine rings is 1. The fourth-order valence-electron chi connectivity index (χ4n) is 3.24. The third-order valence-corrected chi connectivity index (χ3v) is 4.50. The molecular formula is C22H22N2O4. The quantitative estimate of drug-likeness (QED) is 0.707. The van der Waals surface area contributed by atoms with Crippen LogP contribution in [0.15, 0.2) is 59.3 Å². The van der Waals surface area contributed by atoms with Crippen LogP contribution in [0.4, 0.5) is 0 Å². The molecule has 4 rings (SSSR count). The smallest absolute Gasteiger partial charge is 0.258 e. The van der Waals surface area contributed by atoms with Crippen molar-refractivity contribution in [2.75, 3.05) is 6.61 Å². The summed E-state index contributed by atoms with van der Waals surface area (Å²) in [5, 5.41) is 2.86. The second-order valence-electron chi connectivity index (χ2n) is 7.37. The molecule has 144 valence electrons. The summed E-state index contributed by atoms with van der Waals surface area (Å²) in [6, 6.07) is 13.2. The molecule has 0 spiro atoms. The highest BCUT2D eigenvalue weighted by Crippen LogP contribution is 2.41. The van der Waals surface area contributed by atoms with Gasteiger partial charge in [0.1, 0.15) is 11.3 Å². The highest BCUT2D eigenvalue weighted by Gasteiger charge is 2.32. The molecule has 6 nitrogen and oxygen atoms in total. The number of nitrogens with one attached hydrogen (secondary N) is 1. The van der Waals surface area contributed by atoms with Gasteiger partial charge in [0.15, 0.2) is 23.9 Å². The maximum atomic E-state index is 12.2. The van der Waals surface area contributed by atoms with Crippen molar-refractivity contribution in [3.63, 3.8) is 0 Å². The van der Waals surface area contributed by atoms with E-state index in [1.807, 2.05) is 56.3 Å². The van der Waals surface area contributed by atoms with Crippen LogP contribution >= 0.6 is 0 Å². The molecule has 1 amide bonds. The Bertz CT molecular complexity index is 980. The lowest BCUT2D eigenvalue weighted by Crippen LogP contribution is -2.28. The van der Waals surface area contributed by atoms with Crippen molar-refractivity contribution in [2.45, 2.75) is 32.4 Å². The molecule has 1 aliphatic heterocycles. The van der Waals surface area contributed by atoms with Gasteiger partial charge in [-0.3, -0.25) is 9.78 Å². The Balaban J connectivity index is 1.33. The summed E-state index contributed by atoms with van der Waals surface area (Å²) >= 11 is 0. The lowest BCUT2D eigenvalue weighted by atomic mass is 10.0. The number of hydrogen-bond acceptors (Lipinski definition) is 5. The molecule has 0 fully saturated rings. The van der Waals surface area contributed by atoms with Gasteiger partial charge in [0.25, 0.3) is 5.91 Å². The Labute approximate surface area is 163 Å². The molecule has 0 atom stereocenters. The monoisotopic (exact) mass is 378 g/mol. The predicted molar refractivity (Wildman–Crippen MR) is 104 cm³/mol. The molecule has 0 radical (unpaired) electrons. The summed E-state index contributed by atoms with van der Waals surface area (Å²) in [6.07, 6.45) is 4.13. The molecule has 1 N–H and O–H groups in total. The maximum Gasteiger partial charge on any atom is 0.258 e. The summed E-state index contributed by atoms with van der Waals surface area (Å²) < 4.78 is 17.0. The Morgan fingerprint density at radius 1 is 1.25 bits per heavy atom. The molecule has 2 aromatic heterocycles. The first kappa shape index (κ1) is 18.1. The Hall–Kier alpha value is -3.28. The van der Waals surface area contributed by atoms with Gasteiger partial charge in [-0.2, -0.15) is 0 Å². The van der Waals surface area contributed by atoms with Crippen LogP contribution in [-0.2, 0) is 17.8 Å². The number of ether oxygens (including phenoxy) is 2. The fraction of sp³-hybridized carbons (Fsp3) is 0.273. The van der Waals surface area contributed by atoms with E-state index in [2.05, 4.69) is 10.3 Å². The Kier molecular flexibility index (Phi) is 4.77. The van der Waals surface area contributed by atoms with Crippen molar-refractivity contribution in [1.82, 2.24) is 10.3 Å². The molecule has 0 bridgehead atoms. The molecule has 1 aromatic carbocycles. The van der Waals surface area contributed by atoms with Gasteiger partial charge in [0, 0.05) is 24.7 Å². The molecule has 6 heteroatoms. The van der Waals surface area contributed by atoms with Gasteiger partial charge in [0.05, 0.1) is 6.26 Å². The first-order chi connectivity index (χ1) is 13.5. The highest BCUT2D eigenvalue weighted by atomic mass is 16.5. The number of benzene rings is 1. The van der Waals surface area contributed by atoms with Crippen LogP contribution in [0.1, 0.15) is 25.0 Å². The SMILES string of the molecule is CC1(C)Cc2cccc(OCC(=O)NCc3ccnc(-c4ccco4)c3)c2O1. The zero-order valence-corrected chi connectivity index (χ0v) is 15.9.